The van der Waals surface area contributed by atoms with Gasteiger partial charge in [0.2, 0.25) is 0 Å². The Morgan fingerprint density at radius 2 is 1.81 bits per heavy atom. The van der Waals surface area contributed by atoms with Crippen LogP contribution in [0.25, 0.3) is 0 Å². The first kappa shape index (κ1) is 16.6. The molecule has 1 aromatic rings. The number of urea groups is 1. The topological polar surface area (TPSA) is 105 Å². The van der Waals surface area contributed by atoms with Crippen molar-refractivity contribution < 1.29 is 24.2 Å². The van der Waals surface area contributed by atoms with E-state index >= 15 is 0 Å². The fourth-order valence-corrected chi connectivity index (χ4v) is 1.42. The minimum atomic E-state index is -0.714. The normalized spacial score (nSPS) is 10.1. The molecule has 0 saturated carbocycles. The number of amides is 3. The lowest BCUT2D eigenvalue weighted by atomic mass is 10.1. The lowest BCUT2D eigenvalue weighted by molar-refractivity contribution is -0.123. The van der Waals surface area contributed by atoms with Crippen molar-refractivity contribution in [3.8, 4) is 0 Å². The third-order valence-corrected chi connectivity index (χ3v) is 2.38. The van der Waals surface area contributed by atoms with E-state index < -0.39 is 24.5 Å². The third kappa shape index (κ3) is 6.05. The first-order chi connectivity index (χ1) is 9.92. The van der Waals surface area contributed by atoms with Crippen molar-refractivity contribution in [3.05, 3.63) is 35.4 Å². The molecule has 0 bridgehead atoms. The van der Waals surface area contributed by atoms with Gasteiger partial charge in [-0.05, 0) is 31.5 Å². The Balaban J connectivity index is 2.41. The SMILES string of the molecule is CC(C)NC(=O)NC(=O)COC(=O)c1ccc(CO)cc1. The summed E-state index contributed by atoms with van der Waals surface area (Å²) in [6, 6.07) is 5.37. The van der Waals surface area contributed by atoms with E-state index in [1.807, 2.05) is 5.32 Å². The standard InChI is InChI=1S/C14H18N2O5/c1-9(2)15-14(20)16-12(18)8-21-13(19)11-5-3-10(7-17)4-6-11/h3-6,9,17H,7-8H2,1-2H3,(H2,15,16,18,20). The number of ether oxygens (including phenoxy) is 1. The maximum absolute atomic E-state index is 11.6. The zero-order valence-electron chi connectivity index (χ0n) is 11.9. The van der Waals surface area contributed by atoms with Crippen LogP contribution < -0.4 is 10.6 Å². The van der Waals surface area contributed by atoms with E-state index in [9.17, 15) is 14.4 Å². The zero-order chi connectivity index (χ0) is 15.8. The second-order valence-electron chi connectivity index (χ2n) is 4.61. The van der Waals surface area contributed by atoms with Gasteiger partial charge >= 0.3 is 12.0 Å². The summed E-state index contributed by atoms with van der Waals surface area (Å²) < 4.78 is 4.78. The highest BCUT2D eigenvalue weighted by atomic mass is 16.5. The molecule has 0 unspecified atom stereocenters. The average Bonchev–Trinajstić information content (AvgIpc) is 2.43. The van der Waals surface area contributed by atoms with Gasteiger partial charge in [-0.2, -0.15) is 0 Å². The van der Waals surface area contributed by atoms with Gasteiger partial charge in [0.15, 0.2) is 6.61 Å². The number of carbonyl (C=O) groups is 3. The molecular formula is C14H18N2O5. The Labute approximate surface area is 122 Å². The Hall–Kier alpha value is -2.41. The molecule has 0 aliphatic carbocycles. The van der Waals surface area contributed by atoms with Gasteiger partial charge in [-0.15, -0.1) is 0 Å². The molecule has 0 spiro atoms. The predicted octanol–water partition coefficient (Wildman–Crippen LogP) is 0.570. The van der Waals surface area contributed by atoms with E-state index in [1.165, 1.54) is 12.1 Å². The number of hydrogen-bond acceptors (Lipinski definition) is 5. The Morgan fingerprint density at radius 1 is 1.19 bits per heavy atom. The highest BCUT2D eigenvalue weighted by Crippen LogP contribution is 2.05. The fraction of sp³-hybridized carbons (Fsp3) is 0.357. The van der Waals surface area contributed by atoms with E-state index in [1.54, 1.807) is 26.0 Å². The van der Waals surface area contributed by atoms with E-state index in [0.29, 0.717) is 5.56 Å². The van der Waals surface area contributed by atoms with Crippen LogP contribution in [0.1, 0.15) is 29.8 Å². The summed E-state index contributed by atoms with van der Waals surface area (Å²) in [5.74, 6) is -1.40. The van der Waals surface area contributed by atoms with Gasteiger partial charge in [0.1, 0.15) is 0 Å². The lowest BCUT2D eigenvalue weighted by Crippen LogP contribution is -2.44. The smallest absolute Gasteiger partial charge is 0.338 e. The first-order valence-electron chi connectivity index (χ1n) is 6.39. The molecule has 0 aliphatic rings. The van der Waals surface area contributed by atoms with Crippen LogP contribution in [-0.4, -0.2) is 35.7 Å². The number of esters is 1. The molecule has 0 radical (unpaired) electrons. The van der Waals surface area contributed by atoms with Crippen LogP contribution >= 0.6 is 0 Å². The van der Waals surface area contributed by atoms with Crippen LogP contribution in [0.4, 0.5) is 4.79 Å². The molecule has 0 aromatic heterocycles. The van der Waals surface area contributed by atoms with E-state index in [-0.39, 0.29) is 18.2 Å². The highest BCUT2D eigenvalue weighted by molar-refractivity contribution is 5.97. The van der Waals surface area contributed by atoms with Gasteiger partial charge in [0.25, 0.3) is 5.91 Å². The van der Waals surface area contributed by atoms with Crippen molar-refractivity contribution >= 4 is 17.9 Å². The monoisotopic (exact) mass is 294 g/mol. The molecule has 114 valence electrons. The van der Waals surface area contributed by atoms with Crippen molar-refractivity contribution in [1.82, 2.24) is 10.6 Å². The molecule has 21 heavy (non-hydrogen) atoms. The van der Waals surface area contributed by atoms with Crippen LogP contribution in [0.5, 0.6) is 0 Å². The zero-order valence-corrected chi connectivity index (χ0v) is 11.9. The van der Waals surface area contributed by atoms with Gasteiger partial charge in [-0.3, -0.25) is 10.1 Å². The number of carbonyl (C=O) groups excluding carboxylic acids is 3. The Morgan fingerprint density at radius 3 is 2.33 bits per heavy atom. The van der Waals surface area contributed by atoms with E-state index in [4.69, 9.17) is 9.84 Å². The van der Waals surface area contributed by atoms with Crippen LogP contribution in [0.3, 0.4) is 0 Å². The van der Waals surface area contributed by atoms with E-state index in [2.05, 4.69) is 5.32 Å². The predicted molar refractivity (Wildman–Crippen MR) is 74.5 cm³/mol. The van der Waals surface area contributed by atoms with Crippen LogP contribution in [0, 0.1) is 0 Å². The quantitative estimate of drug-likeness (QED) is 0.689. The maximum Gasteiger partial charge on any atom is 0.338 e. The summed E-state index contributed by atoms with van der Waals surface area (Å²) in [4.78, 5) is 34.3. The van der Waals surface area contributed by atoms with Gasteiger partial charge in [0, 0.05) is 6.04 Å². The second-order valence-corrected chi connectivity index (χ2v) is 4.61. The summed E-state index contributed by atoms with van der Waals surface area (Å²) in [5.41, 5.74) is 0.918. The molecule has 0 fully saturated rings. The molecule has 0 atom stereocenters. The number of hydrogen-bond donors (Lipinski definition) is 3. The molecule has 0 saturated heterocycles. The maximum atomic E-state index is 11.6. The molecular weight excluding hydrogens is 276 g/mol. The number of aliphatic hydroxyl groups excluding tert-OH is 1. The lowest BCUT2D eigenvalue weighted by Gasteiger charge is -2.09. The number of rotatable bonds is 5. The molecule has 3 N–H and O–H groups in total. The van der Waals surface area contributed by atoms with Crippen LogP contribution in [0.15, 0.2) is 24.3 Å². The molecule has 7 heteroatoms. The molecule has 1 aromatic carbocycles. The number of imide groups is 1. The summed E-state index contributed by atoms with van der Waals surface area (Å²) in [7, 11) is 0. The van der Waals surface area contributed by atoms with Crippen molar-refractivity contribution in [2.75, 3.05) is 6.61 Å². The minimum Gasteiger partial charge on any atom is -0.452 e. The minimum absolute atomic E-state index is 0.106. The summed E-state index contributed by atoms with van der Waals surface area (Å²) >= 11 is 0. The van der Waals surface area contributed by atoms with Crippen LogP contribution in [0.2, 0.25) is 0 Å². The molecule has 1 rings (SSSR count). The first-order valence-corrected chi connectivity index (χ1v) is 6.39. The van der Waals surface area contributed by atoms with Crippen molar-refractivity contribution in [1.29, 1.82) is 0 Å². The van der Waals surface area contributed by atoms with Gasteiger partial charge in [-0.25, -0.2) is 9.59 Å². The average molecular weight is 294 g/mol. The second kappa shape index (κ2) is 8.01. The van der Waals surface area contributed by atoms with Crippen molar-refractivity contribution in [2.24, 2.45) is 0 Å². The van der Waals surface area contributed by atoms with Gasteiger partial charge in [-0.1, -0.05) is 12.1 Å². The van der Waals surface area contributed by atoms with Gasteiger partial charge in [0.05, 0.1) is 12.2 Å². The molecule has 7 nitrogen and oxygen atoms in total. The number of nitrogens with one attached hydrogen (secondary N) is 2. The van der Waals surface area contributed by atoms with Crippen molar-refractivity contribution in [3.63, 3.8) is 0 Å². The summed E-state index contributed by atoms with van der Waals surface area (Å²) in [5, 5.41) is 13.4. The Kier molecular flexibility index (Phi) is 6.35. The van der Waals surface area contributed by atoms with Crippen molar-refractivity contribution in [2.45, 2.75) is 26.5 Å². The largest absolute Gasteiger partial charge is 0.452 e. The summed E-state index contributed by atoms with van der Waals surface area (Å²) in [6.45, 7) is 2.83. The molecule has 3 amide bonds. The highest BCUT2D eigenvalue weighted by Gasteiger charge is 2.12. The fourth-order valence-electron chi connectivity index (χ4n) is 1.42. The number of benzene rings is 1. The Bertz CT molecular complexity index is 511. The van der Waals surface area contributed by atoms with Crippen LogP contribution in [-0.2, 0) is 16.1 Å². The number of aliphatic hydroxyl groups is 1. The molecule has 0 aliphatic heterocycles. The summed E-state index contributed by atoms with van der Waals surface area (Å²) in [6.07, 6.45) is 0. The molecule has 0 heterocycles. The van der Waals surface area contributed by atoms with Gasteiger partial charge < -0.3 is 15.2 Å². The third-order valence-electron chi connectivity index (χ3n) is 2.38. The van der Waals surface area contributed by atoms with E-state index in [0.717, 1.165) is 0 Å².